The SMILES string of the molecule is CCCNCc1cnn(C2CCS(=O)(=O)C2)c1CC. The van der Waals surface area contributed by atoms with Gasteiger partial charge in [-0.1, -0.05) is 13.8 Å². The molecule has 1 unspecified atom stereocenters. The molecular weight excluding hydrogens is 262 g/mol. The van der Waals surface area contributed by atoms with Crippen LogP contribution in [0.5, 0.6) is 0 Å². The molecule has 5 nitrogen and oxygen atoms in total. The topological polar surface area (TPSA) is 64.0 Å². The van der Waals surface area contributed by atoms with Gasteiger partial charge in [-0.3, -0.25) is 4.68 Å². The van der Waals surface area contributed by atoms with Crippen LogP contribution in [0.25, 0.3) is 0 Å². The van der Waals surface area contributed by atoms with Gasteiger partial charge in [-0.2, -0.15) is 5.10 Å². The summed E-state index contributed by atoms with van der Waals surface area (Å²) in [6, 6.07) is 0.0277. The zero-order valence-electron chi connectivity index (χ0n) is 11.7. The van der Waals surface area contributed by atoms with Gasteiger partial charge in [-0.25, -0.2) is 8.42 Å². The summed E-state index contributed by atoms with van der Waals surface area (Å²) in [6.45, 7) is 6.05. The van der Waals surface area contributed by atoms with E-state index in [4.69, 9.17) is 0 Å². The molecule has 0 spiro atoms. The maximum Gasteiger partial charge on any atom is 0.152 e. The van der Waals surface area contributed by atoms with E-state index in [1.165, 1.54) is 11.3 Å². The minimum absolute atomic E-state index is 0.0277. The van der Waals surface area contributed by atoms with Gasteiger partial charge in [0, 0.05) is 17.8 Å². The second-order valence-electron chi connectivity index (χ2n) is 5.15. The van der Waals surface area contributed by atoms with E-state index >= 15 is 0 Å². The molecule has 1 saturated heterocycles. The maximum absolute atomic E-state index is 11.6. The van der Waals surface area contributed by atoms with E-state index in [1.54, 1.807) is 0 Å². The number of rotatable bonds is 6. The molecule has 108 valence electrons. The Morgan fingerprint density at radius 2 is 2.26 bits per heavy atom. The first-order valence-corrected chi connectivity index (χ1v) is 8.86. The average Bonchev–Trinajstić information content (AvgIpc) is 2.92. The Hall–Kier alpha value is -0.880. The fraction of sp³-hybridized carbons (Fsp3) is 0.769. The number of nitrogens with zero attached hydrogens (tertiary/aromatic N) is 2. The van der Waals surface area contributed by atoms with Crippen molar-refractivity contribution >= 4 is 9.84 Å². The third kappa shape index (κ3) is 3.36. The number of sulfone groups is 1. The predicted molar refractivity (Wildman–Crippen MR) is 75.9 cm³/mol. The van der Waals surface area contributed by atoms with Crippen molar-refractivity contribution in [3.8, 4) is 0 Å². The van der Waals surface area contributed by atoms with Gasteiger partial charge in [0.25, 0.3) is 0 Å². The summed E-state index contributed by atoms with van der Waals surface area (Å²) in [7, 11) is -2.86. The van der Waals surface area contributed by atoms with Crippen molar-refractivity contribution in [2.45, 2.75) is 45.7 Å². The average molecular weight is 285 g/mol. The van der Waals surface area contributed by atoms with Crippen molar-refractivity contribution in [1.29, 1.82) is 0 Å². The lowest BCUT2D eigenvalue weighted by atomic mass is 10.2. The van der Waals surface area contributed by atoms with Gasteiger partial charge in [0.15, 0.2) is 9.84 Å². The monoisotopic (exact) mass is 285 g/mol. The first kappa shape index (κ1) is 14.5. The fourth-order valence-corrected chi connectivity index (χ4v) is 4.33. The van der Waals surface area contributed by atoms with E-state index in [0.29, 0.717) is 12.2 Å². The quantitative estimate of drug-likeness (QED) is 0.800. The normalized spacial score (nSPS) is 21.9. The van der Waals surface area contributed by atoms with E-state index in [0.717, 1.165) is 25.9 Å². The third-order valence-electron chi connectivity index (χ3n) is 3.62. The third-order valence-corrected chi connectivity index (χ3v) is 5.37. The Labute approximate surface area is 115 Å². The fourth-order valence-electron chi connectivity index (χ4n) is 2.64. The summed E-state index contributed by atoms with van der Waals surface area (Å²) >= 11 is 0. The van der Waals surface area contributed by atoms with Gasteiger partial charge in [-0.15, -0.1) is 0 Å². The smallest absolute Gasteiger partial charge is 0.152 e. The van der Waals surface area contributed by atoms with Crippen molar-refractivity contribution in [2.75, 3.05) is 18.1 Å². The second kappa shape index (κ2) is 6.05. The summed E-state index contributed by atoms with van der Waals surface area (Å²) in [5.41, 5.74) is 2.37. The molecule has 1 aromatic rings. The van der Waals surface area contributed by atoms with E-state index in [1.807, 2.05) is 10.9 Å². The van der Waals surface area contributed by atoms with Crippen LogP contribution in [0.15, 0.2) is 6.20 Å². The molecule has 0 aliphatic carbocycles. The van der Waals surface area contributed by atoms with Crippen LogP contribution in [0.4, 0.5) is 0 Å². The Kier molecular flexibility index (Phi) is 4.62. The molecule has 19 heavy (non-hydrogen) atoms. The number of aromatic nitrogens is 2. The van der Waals surface area contributed by atoms with E-state index in [-0.39, 0.29) is 11.8 Å². The molecule has 0 radical (unpaired) electrons. The highest BCUT2D eigenvalue weighted by Gasteiger charge is 2.31. The summed E-state index contributed by atoms with van der Waals surface area (Å²) in [5.74, 6) is 0.535. The van der Waals surface area contributed by atoms with E-state index in [2.05, 4.69) is 24.3 Å². The van der Waals surface area contributed by atoms with Crippen LogP contribution in [0.1, 0.15) is 44.0 Å². The molecule has 1 fully saturated rings. The van der Waals surface area contributed by atoms with Crippen molar-refractivity contribution in [2.24, 2.45) is 0 Å². The molecule has 2 heterocycles. The van der Waals surface area contributed by atoms with Crippen LogP contribution in [0.2, 0.25) is 0 Å². The zero-order chi connectivity index (χ0) is 13.9. The molecule has 1 aromatic heterocycles. The largest absolute Gasteiger partial charge is 0.313 e. The van der Waals surface area contributed by atoms with Crippen LogP contribution < -0.4 is 5.32 Å². The van der Waals surface area contributed by atoms with Crippen LogP contribution >= 0.6 is 0 Å². The lowest BCUT2D eigenvalue weighted by Crippen LogP contribution is -2.17. The molecule has 1 aliphatic rings. The van der Waals surface area contributed by atoms with Crippen molar-refractivity contribution in [1.82, 2.24) is 15.1 Å². The molecule has 2 rings (SSSR count). The Morgan fingerprint density at radius 1 is 1.47 bits per heavy atom. The van der Waals surface area contributed by atoms with Gasteiger partial charge in [0.05, 0.1) is 23.7 Å². The van der Waals surface area contributed by atoms with Crippen molar-refractivity contribution < 1.29 is 8.42 Å². The zero-order valence-corrected chi connectivity index (χ0v) is 12.5. The molecule has 1 N–H and O–H groups in total. The minimum Gasteiger partial charge on any atom is -0.313 e. The first-order chi connectivity index (χ1) is 9.07. The van der Waals surface area contributed by atoms with Crippen LogP contribution in [-0.2, 0) is 22.8 Å². The Morgan fingerprint density at radius 3 is 2.84 bits per heavy atom. The highest BCUT2D eigenvalue weighted by molar-refractivity contribution is 7.91. The number of hydrogen-bond acceptors (Lipinski definition) is 4. The lowest BCUT2D eigenvalue weighted by Gasteiger charge is -2.13. The molecule has 0 saturated carbocycles. The van der Waals surface area contributed by atoms with Gasteiger partial charge in [-0.05, 0) is 25.8 Å². The lowest BCUT2D eigenvalue weighted by molar-refractivity contribution is 0.480. The van der Waals surface area contributed by atoms with Crippen molar-refractivity contribution in [3.05, 3.63) is 17.5 Å². The summed E-state index contributed by atoms with van der Waals surface area (Å²) < 4.78 is 25.1. The molecule has 1 aliphatic heterocycles. The molecular formula is C13H23N3O2S. The molecule has 0 aromatic carbocycles. The number of hydrogen-bond donors (Lipinski definition) is 1. The van der Waals surface area contributed by atoms with Crippen LogP contribution in [0, 0.1) is 0 Å². The minimum atomic E-state index is -2.86. The van der Waals surface area contributed by atoms with Crippen LogP contribution in [0.3, 0.4) is 0 Å². The maximum atomic E-state index is 11.6. The second-order valence-corrected chi connectivity index (χ2v) is 7.38. The van der Waals surface area contributed by atoms with E-state index in [9.17, 15) is 8.42 Å². The predicted octanol–water partition coefficient (Wildman–Crippen LogP) is 1.30. The van der Waals surface area contributed by atoms with Crippen LogP contribution in [-0.4, -0.2) is 36.2 Å². The molecule has 1 atom stereocenters. The van der Waals surface area contributed by atoms with Crippen molar-refractivity contribution in [3.63, 3.8) is 0 Å². The summed E-state index contributed by atoms with van der Waals surface area (Å²) in [4.78, 5) is 0. The van der Waals surface area contributed by atoms with E-state index < -0.39 is 9.84 Å². The summed E-state index contributed by atoms with van der Waals surface area (Å²) in [6.07, 6.45) is 4.57. The molecule has 6 heteroatoms. The Balaban J connectivity index is 2.13. The standard InChI is InChI=1S/C13H23N3O2S/c1-3-6-14-8-11-9-15-16(13(11)4-2)12-5-7-19(17,18)10-12/h9,12,14H,3-8,10H2,1-2H3. The van der Waals surface area contributed by atoms with Gasteiger partial charge < -0.3 is 5.32 Å². The van der Waals surface area contributed by atoms with Gasteiger partial charge in [0.2, 0.25) is 0 Å². The highest BCUT2D eigenvalue weighted by Crippen LogP contribution is 2.25. The highest BCUT2D eigenvalue weighted by atomic mass is 32.2. The summed E-state index contributed by atoms with van der Waals surface area (Å²) in [5, 5.41) is 7.80. The Bertz CT molecular complexity index is 522. The van der Waals surface area contributed by atoms with Gasteiger partial charge in [0.1, 0.15) is 0 Å². The first-order valence-electron chi connectivity index (χ1n) is 7.03. The number of nitrogens with one attached hydrogen (secondary N) is 1. The van der Waals surface area contributed by atoms with Gasteiger partial charge >= 0.3 is 0 Å². The molecule has 0 amide bonds. The molecule has 0 bridgehead atoms.